The number of anilines is 1. The second-order valence-electron chi connectivity index (χ2n) is 5.71. The van der Waals surface area contributed by atoms with Crippen LogP contribution in [0.15, 0.2) is 36.4 Å². The first-order valence-corrected chi connectivity index (χ1v) is 10.5. The minimum Gasteiger partial charge on any atom is -0.350 e. The molecule has 2 aromatic carbocycles. The number of halogens is 3. The Bertz CT molecular complexity index is 933. The highest BCUT2D eigenvalue weighted by atomic mass is 35.5. The molecule has 0 aliphatic carbocycles. The summed E-state index contributed by atoms with van der Waals surface area (Å²) in [6, 6.07) is 9.79. The van der Waals surface area contributed by atoms with Crippen molar-refractivity contribution in [1.82, 2.24) is 5.32 Å². The summed E-state index contributed by atoms with van der Waals surface area (Å²) >= 11 is 17.9. The fourth-order valence-electron chi connectivity index (χ4n) is 2.28. The number of nitrogens with zero attached hydrogens (tertiary/aromatic N) is 1. The van der Waals surface area contributed by atoms with Crippen molar-refractivity contribution in [3.63, 3.8) is 0 Å². The first-order chi connectivity index (χ1) is 12.1. The highest BCUT2D eigenvalue weighted by Gasteiger charge is 2.22. The molecule has 0 heterocycles. The van der Waals surface area contributed by atoms with Crippen LogP contribution in [-0.2, 0) is 21.4 Å². The average molecular weight is 436 g/mol. The normalized spacial score (nSPS) is 11.3. The molecule has 0 fully saturated rings. The number of benzene rings is 2. The van der Waals surface area contributed by atoms with Gasteiger partial charge in [-0.25, -0.2) is 8.42 Å². The standard InChI is InChI=1S/C17H17Cl3N2O3S/c1-11-3-5-14(19)8-16(11)22(26(2,24)25)10-17(23)21-9-12-4-6-13(18)7-15(12)20/h3-8H,9-10H2,1-2H3,(H,21,23). The summed E-state index contributed by atoms with van der Waals surface area (Å²) in [5, 5.41) is 3.95. The van der Waals surface area contributed by atoms with Crippen LogP contribution >= 0.6 is 34.8 Å². The minimum atomic E-state index is -3.68. The van der Waals surface area contributed by atoms with E-state index in [1.165, 1.54) is 6.07 Å². The Morgan fingerprint density at radius 1 is 1.08 bits per heavy atom. The van der Waals surface area contributed by atoms with Crippen LogP contribution in [0.2, 0.25) is 15.1 Å². The second-order valence-corrected chi connectivity index (χ2v) is 8.90. The zero-order chi connectivity index (χ0) is 19.5. The van der Waals surface area contributed by atoms with Gasteiger partial charge in [-0.05, 0) is 42.3 Å². The molecule has 0 atom stereocenters. The maximum Gasteiger partial charge on any atom is 0.241 e. The third-order valence-electron chi connectivity index (χ3n) is 3.62. The molecular weight excluding hydrogens is 419 g/mol. The molecule has 0 saturated heterocycles. The van der Waals surface area contributed by atoms with Gasteiger partial charge in [0.25, 0.3) is 0 Å². The Hall–Kier alpha value is -1.47. The molecule has 0 aliphatic rings. The Morgan fingerprint density at radius 3 is 2.31 bits per heavy atom. The highest BCUT2D eigenvalue weighted by Crippen LogP contribution is 2.26. The maximum absolute atomic E-state index is 12.3. The lowest BCUT2D eigenvalue weighted by atomic mass is 10.2. The largest absolute Gasteiger partial charge is 0.350 e. The van der Waals surface area contributed by atoms with Gasteiger partial charge in [-0.1, -0.05) is 46.9 Å². The van der Waals surface area contributed by atoms with E-state index in [4.69, 9.17) is 34.8 Å². The lowest BCUT2D eigenvalue weighted by Gasteiger charge is -2.24. The number of carbonyl (C=O) groups is 1. The van der Waals surface area contributed by atoms with Crippen LogP contribution in [-0.4, -0.2) is 27.1 Å². The number of nitrogens with one attached hydrogen (secondary N) is 1. The van der Waals surface area contributed by atoms with E-state index in [0.717, 1.165) is 10.6 Å². The lowest BCUT2D eigenvalue weighted by molar-refractivity contribution is -0.119. The molecule has 2 rings (SSSR count). The van der Waals surface area contributed by atoms with Crippen LogP contribution in [0.25, 0.3) is 0 Å². The zero-order valence-electron chi connectivity index (χ0n) is 14.1. The number of carbonyl (C=O) groups excluding carboxylic acids is 1. The van der Waals surface area contributed by atoms with Gasteiger partial charge in [0.2, 0.25) is 15.9 Å². The molecule has 0 radical (unpaired) electrons. The average Bonchev–Trinajstić information content (AvgIpc) is 2.53. The zero-order valence-corrected chi connectivity index (χ0v) is 17.2. The minimum absolute atomic E-state index is 0.154. The Kier molecular flexibility index (Phi) is 6.80. The predicted molar refractivity (Wildman–Crippen MR) is 107 cm³/mol. The highest BCUT2D eigenvalue weighted by molar-refractivity contribution is 7.92. The molecule has 5 nitrogen and oxygen atoms in total. The number of amides is 1. The Labute approximate surface area is 167 Å². The smallest absolute Gasteiger partial charge is 0.241 e. The molecule has 1 N–H and O–H groups in total. The molecule has 0 spiro atoms. The van der Waals surface area contributed by atoms with E-state index in [-0.39, 0.29) is 13.1 Å². The molecule has 0 aliphatic heterocycles. The number of sulfonamides is 1. The van der Waals surface area contributed by atoms with Gasteiger partial charge in [0, 0.05) is 21.6 Å². The predicted octanol–water partition coefficient (Wildman–Crippen LogP) is 4.04. The Morgan fingerprint density at radius 2 is 1.69 bits per heavy atom. The van der Waals surface area contributed by atoms with Gasteiger partial charge in [0.15, 0.2) is 0 Å². The summed E-state index contributed by atoms with van der Waals surface area (Å²) < 4.78 is 25.3. The van der Waals surface area contributed by atoms with Crippen molar-refractivity contribution in [1.29, 1.82) is 0 Å². The number of aryl methyl sites for hydroxylation is 1. The van der Waals surface area contributed by atoms with Gasteiger partial charge in [-0.3, -0.25) is 9.10 Å². The third kappa shape index (κ3) is 5.51. The molecule has 0 bridgehead atoms. The van der Waals surface area contributed by atoms with Crippen molar-refractivity contribution in [2.75, 3.05) is 17.1 Å². The van der Waals surface area contributed by atoms with Crippen molar-refractivity contribution in [3.05, 3.63) is 62.6 Å². The van der Waals surface area contributed by atoms with Crippen molar-refractivity contribution in [2.24, 2.45) is 0 Å². The molecule has 0 aromatic heterocycles. The van der Waals surface area contributed by atoms with Gasteiger partial charge in [-0.15, -0.1) is 0 Å². The SMILES string of the molecule is Cc1ccc(Cl)cc1N(CC(=O)NCc1ccc(Cl)cc1Cl)S(C)(=O)=O. The van der Waals surface area contributed by atoms with Gasteiger partial charge < -0.3 is 5.32 Å². The van der Waals surface area contributed by atoms with Crippen molar-refractivity contribution in [3.8, 4) is 0 Å². The first kappa shape index (κ1) is 20.8. The summed E-state index contributed by atoms with van der Waals surface area (Å²) in [6.07, 6.45) is 1.04. The van der Waals surface area contributed by atoms with Crippen LogP contribution in [0.3, 0.4) is 0 Å². The second kappa shape index (κ2) is 8.48. The van der Waals surface area contributed by atoms with Crippen molar-refractivity contribution in [2.45, 2.75) is 13.5 Å². The summed E-state index contributed by atoms with van der Waals surface area (Å²) in [5.41, 5.74) is 1.72. The Balaban J connectivity index is 2.16. The van der Waals surface area contributed by atoms with Crippen LogP contribution in [0.5, 0.6) is 0 Å². The lowest BCUT2D eigenvalue weighted by Crippen LogP contribution is -2.40. The fraction of sp³-hybridized carbons (Fsp3) is 0.235. The summed E-state index contributed by atoms with van der Waals surface area (Å²) in [6.45, 7) is 1.53. The van der Waals surface area contributed by atoms with E-state index >= 15 is 0 Å². The molecule has 26 heavy (non-hydrogen) atoms. The van der Waals surface area contributed by atoms with Crippen molar-refractivity contribution < 1.29 is 13.2 Å². The third-order valence-corrected chi connectivity index (χ3v) is 5.57. The molecule has 1 amide bonds. The fourth-order valence-corrected chi connectivity index (χ4v) is 3.82. The molecule has 9 heteroatoms. The molecular formula is C17H17Cl3N2O3S. The maximum atomic E-state index is 12.3. The van der Waals surface area contributed by atoms with Gasteiger partial charge >= 0.3 is 0 Å². The van der Waals surface area contributed by atoms with E-state index in [1.54, 1.807) is 37.3 Å². The van der Waals surface area contributed by atoms with E-state index < -0.39 is 15.9 Å². The van der Waals surface area contributed by atoms with Crippen LogP contribution < -0.4 is 9.62 Å². The molecule has 140 valence electrons. The van der Waals surface area contributed by atoms with Gasteiger partial charge in [0.1, 0.15) is 6.54 Å². The summed E-state index contributed by atoms with van der Waals surface area (Å²) in [4.78, 5) is 12.3. The van der Waals surface area contributed by atoms with E-state index in [0.29, 0.717) is 31.9 Å². The van der Waals surface area contributed by atoms with Gasteiger partial charge in [0.05, 0.1) is 11.9 Å². The summed E-state index contributed by atoms with van der Waals surface area (Å²) in [7, 11) is -3.68. The number of hydrogen-bond donors (Lipinski definition) is 1. The van der Waals surface area contributed by atoms with Gasteiger partial charge in [-0.2, -0.15) is 0 Å². The van der Waals surface area contributed by atoms with Crippen molar-refractivity contribution >= 4 is 56.4 Å². The van der Waals surface area contributed by atoms with E-state index in [9.17, 15) is 13.2 Å². The molecule has 2 aromatic rings. The van der Waals surface area contributed by atoms with E-state index in [1.807, 2.05) is 0 Å². The monoisotopic (exact) mass is 434 g/mol. The van der Waals surface area contributed by atoms with Crippen LogP contribution in [0, 0.1) is 6.92 Å². The topological polar surface area (TPSA) is 66.5 Å². The molecule has 0 unspecified atom stereocenters. The summed E-state index contributed by atoms with van der Waals surface area (Å²) in [5.74, 6) is -0.471. The number of hydrogen-bond acceptors (Lipinski definition) is 3. The number of rotatable bonds is 6. The molecule has 0 saturated carbocycles. The van der Waals surface area contributed by atoms with E-state index in [2.05, 4.69) is 5.32 Å². The first-order valence-electron chi connectivity index (χ1n) is 7.52. The quantitative estimate of drug-likeness (QED) is 0.745. The van der Waals surface area contributed by atoms with Crippen LogP contribution in [0.4, 0.5) is 5.69 Å². The van der Waals surface area contributed by atoms with Crippen LogP contribution in [0.1, 0.15) is 11.1 Å².